The minimum atomic E-state index is -0.0918. The standard InChI is InChI=1S/C17H22FNS/c1-5-13-7-8-20-17(13)16(19-6-2)14-9-11(3)15(18)12(4)10-14/h7-10,16,19H,5-6H2,1-4H3. The number of nitrogens with one attached hydrogen (secondary N) is 1. The van der Waals surface area contributed by atoms with Crippen molar-refractivity contribution in [2.24, 2.45) is 0 Å². The molecule has 20 heavy (non-hydrogen) atoms. The molecule has 0 spiro atoms. The molecule has 2 rings (SSSR count). The number of hydrogen-bond acceptors (Lipinski definition) is 2. The van der Waals surface area contributed by atoms with Gasteiger partial charge in [-0.3, -0.25) is 0 Å². The molecule has 0 aliphatic rings. The highest BCUT2D eigenvalue weighted by Crippen LogP contribution is 2.31. The number of hydrogen-bond donors (Lipinski definition) is 1. The molecular weight excluding hydrogens is 269 g/mol. The summed E-state index contributed by atoms with van der Waals surface area (Å²) >= 11 is 1.78. The molecular formula is C17H22FNS. The zero-order valence-electron chi connectivity index (χ0n) is 12.6. The largest absolute Gasteiger partial charge is 0.306 e. The molecule has 0 fully saturated rings. The lowest BCUT2D eigenvalue weighted by Gasteiger charge is -2.20. The maximum Gasteiger partial charge on any atom is 0.129 e. The average Bonchev–Trinajstić information content (AvgIpc) is 2.89. The van der Waals surface area contributed by atoms with Crippen LogP contribution in [-0.2, 0) is 6.42 Å². The minimum Gasteiger partial charge on any atom is -0.306 e. The molecule has 0 saturated carbocycles. The van der Waals surface area contributed by atoms with E-state index in [9.17, 15) is 4.39 Å². The summed E-state index contributed by atoms with van der Waals surface area (Å²) in [7, 11) is 0. The second-order valence-corrected chi connectivity index (χ2v) is 6.07. The van der Waals surface area contributed by atoms with Gasteiger partial charge >= 0.3 is 0 Å². The molecule has 0 radical (unpaired) electrons. The van der Waals surface area contributed by atoms with Crippen LogP contribution in [-0.4, -0.2) is 6.54 Å². The summed E-state index contributed by atoms with van der Waals surface area (Å²) < 4.78 is 13.8. The first-order chi connectivity index (χ1) is 9.58. The van der Waals surface area contributed by atoms with Gasteiger partial charge in [0.05, 0.1) is 6.04 Å². The van der Waals surface area contributed by atoms with Crippen LogP contribution < -0.4 is 5.32 Å². The lowest BCUT2D eigenvalue weighted by atomic mass is 9.97. The van der Waals surface area contributed by atoms with Crippen LogP contribution in [0.1, 0.15) is 47.0 Å². The third kappa shape index (κ3) is 2.94. The number of thiophene rings is 1. The summed E-state index contributed by atoms with van der Waals surface area (Å²) in [5.74, 6) is -0.0918. The SMILES string of the molecule is CCNC(c1cc(C)c(F)c(C)c1)c1sccc1CC. The lowest BCUT2D eigenvalue weighted by Crippen LogP contribution is -2.22. The number of rotatable bonds is 5. The molecule has 0 aliphatic heterocycles. The second kappa shape index (κ2) is 6.51. The smallest absolute Gasteiger partial charge is 0.129 e. The Balaban J connectivity index is 2.48. The molecule has 1 aromatic heterocycles. The van der Waals surface area contributed by atoms with Crippen LogP contribution in [0.3, 0.4) is 0 Å². The van der Waals surface area contributed by atoms with Crippen molar-refractivity contribution in [3.05, 3.63) is 56.5 Å². The van der Waals surface area contributed by atoms with E-state index in [0.717, 1.165) is 29.7 Å². The Labute approximate surface area is 124 Å². The van der Waals surface area contributed by atoms with Crippen LogP contribution in [0.2, 0.25) is 0 Å². The van der Waals surface area contributed by atoms with Crippen molar-refractivity contribution in [1.29, 1.82) is 0 Å². The Morgan fingerprint density at radius 3 is 2.40 bits per heavy atom. The Hall–Kier alpha value is -1.19. The van der Waals surface area contributed by atoms with Gasteiger partial charge in [-0.1, -0.05) is 26.0 Å². The fourth-order valence-electron chi connectivity index (χ4n) is 2.60. The zero-order chi connectivity index (χ0) is 14.7. The third-order valence-electron chi connectivity index (χ3n) is 3.62. The highest BCUT2D eigenvalue weighted by molar-refractivity contribution is 7.10. The first-order valence-electron chi connectivity index (χ1n) is 7.14. The van der Waals surface area contributed by atoms with E-state index in [4.69, 9.17) is 0 Å². The molecule has 0 saturated heterocycles. The van der Waals surface area contributed by atoms with Gasteiger partial charge in [0.2, 0.25) is 0 Å². The maximum atomic E-state index is 13.8. The topological polar surface area (TPSA) is 12.0 Å². The summed E-state index contributed by atoms with van der Waals surface area (Å²) in [6.45, 7) is 8.85. The molecule has 1 aromatic carbocycles. The van der Waals surface area contributed by atoms with Gasteiger partial charge < -0.3 is 5.32 Å². The lowest BCUT2D eigenvalue weighted by molar-refractivity contribution is 0.599. The van der Waals surface area contributed by atoms with Crippen molar-refractivity contribution < 1.29 is 4.39 Å². The number of benzene rings is 1. The Morgan fingerprint density at radius 2 is 1.85 bits per heavy atom. The monoisotopic (exact) mass is 291 g/mol. The molecule has 1 unspecified atom stereocenters. The van der Waals surface area contributed by atoms with Crippen molar-refractivity contribution in [3.8, 4) is 0 Å². The molecule has 108 valence electrons. The fourth-order valence-corrected chi connectivity index (χ4v) is 3.70. The van der Waals surface area contributed by atoms with E-state index >= 15 is 0 Å². The predicted octanol–water partition coefficient (Wildman–Crippen LogP) is 4.77. The summed E-state index contributed by atoms with van der Waals surface area (Å²) in [5.41, 5.74) is 3.97. The zero-order valence-corrected chi connectivity index (χ0v) is 13.4. The molecule has 2 aromatic rings. The fraction of sp³-hybridized carbons (Fsp3) is 0.412. The van der Waals surface area contributed by atoms with Gasteiger partial charge in [0, 0.05) is 4.88 Å². The van der Waals surface area contributed by atoms with E-state index in [0.29, 0.717) is 0 Å². The van der Waals surface area contributed by atoms with Crippen LogP contribution >= 0.6 is 11.3 Å². The van der Waals surface area contributed by atoms with Crippen LogP contribution in [0, 0.1) is 19.7 Å². The Morgan fingerprint density at radius 1 is 1.20 bits per heavy atom. The van der Waals surface area contributed by atoms with Crippen molar-refractivity contribution in [3.63, 3.8) is 0 Å². The molecule has 0 bridgehead atoms. The normalized spacial score (nSPS) is 12.7. The van der Waals surface area contributed by atoms with E-state index in [1.165, 1.54) is 10.4 Å². The van der Waals surface area contributed by atoms with Crippen molar-refractivity contribution in [2.45, 2.75) is 40.2 Å². The molecule has 1 atom stereocenters. The second-order valence-electron chi connectivity index (χ2n) is 5.12. The molecule has 1 nitrogen and oxygen atoms in total. The van der Waals surface area contributed by atoms with E-state index in [1.54, 1.807) is 11.3 Å². The summed E-state index contributed by atoms with van der Waals surface area (Å²) in [6.07, 6.45) is 1.03. The van der Waals surface area contributed by atoms with Crippen molar-refractivity contribution >= 4 is 11.3 Å². The van der Waals surface area contributed by atoms with Gasteiger partial charge in [-0.25, -0.2) is 4.39 Å². The third-order valence-corrected chi connectivity index (χ3v) is 4.65. The van der Waals surface area contributed by atoms with Gasteiger partial charge in [-0.2, -0.15) is 0 Å². The molecule has 3 heteroatoms. The van der Waals surface area contributed by atoms with E-state index in [2.05, 4.69) is 30.6 Å². The summed E-state index contributed by atoms with van der Waals surface area (Å²) in [5, 5.41) is 5.68. The Kier molecular flexibility index (Phi) is 4.95. The molecule has 1 heterocycles. The predicted molar refractivity (Wildman–Crippen MR) is 85.1 cm³/mol. The summed E-state index contributed by atoms with van der Waals surface area (Å²) in [4.78, 5) is 1.35. The van der Waals surface area contributed by atoms with Gasteiger partial charge in [-0.15, -0.1) is 11.3 Å². The molecule has 0 aliphatic carbocycles. The van der Waals surface area contributed by atoms with Gasteiger partial charge in [0.25, 0.3) is 0 Å². The van der Waals surface area contributed by atoms with Crippen molar-refractivity contribution in [1.82, 2.24) is 5.32 Å². The van der Waals surface area contributed by atoms with Crippen molar-refractivity contribution in [2.75, 3.05) is 6.54 Å². The van der Waals surface area contributed by atoms with Crippen LogP contribution in [0.4, 0.5) is 4.39 Å². The first-order valence-corrected chi connectivity index (χ1v) is 8.02. The number of halogens is 1. The highest BCUT2D eigenvalue weighted by atomic mass is 32.1. The molecule has 1 N–H and O–H groups in total. The number of aryl methyl sites for hydroxylation is 3. The van der Waals surface area contributed by atoms with Gasteiger partial charge in [0.15, 0.2) is 0 Å². The van der Waals surface area contributed by atoms with E-state index in [-0.39, 0.29) is 11.9 Å². The van der Waals surface area contributed by atoms with Crippen LogP contribution in [0.25, 0.3) is 0 Å². The van der Waals surface area contributed by atoms with Gasteiger partial charge in [0.1, 0.15) is 5.82 Å². The molecule has 0 amide bonds. The van der Waals surface area contributed by atoms with Gasteiger partial charge in [-0.05, 0) is 60.5 Å². The maximum absolute atomic E-state index is 13.8. The Bertz CT molecular complexity index is 565. The quantitative estimate of drug-likeness (QED) is 0.837. The minimum absolute atomic E-state index is 0.0918. The summed E-state index contributed by atoms with van der Waals surface area (Å²) in [6, 6.07) is 6.28. The van der Waals surface area contributed by atoms with E-state index < -0.39 is 0 Å². The van der Waals surface area contributed by atoms with Crippen LogP contribution in [0.5, 0.6) is 0 Å². The average molecular weight is 291 g/mol. The first kappa shape index (κ1) is 15.2. The van der Waals surface area contributed by atoms with Crippen LogP contribution in [0.15, 0.2) is 23.6 Å². The highest BCUT2D eigenvalue weighted by Gasteiger charge is 2.19. The van der Waals surface area contributed by atoms with E-state index in [1.807, 2.05) is 26.0 Å².